The average Bonchev–Trinajstić information content (AvgIpc) is 3.24. The van der Waals surface area contributed by atoms with E-state index in [0.717, 1.165) is 43.9 Å². The minimum absolute atomic E-state index is 0.316. The van der Waals surface area contributed by atoms with Gasteiger partial charge in [0, 0.05) is 57.3 Å². The molecule has 0 spiro atoms. The number of hydrogen-bond acceptors (Lipinski definition) is 6. The third kappa shape index (κ3) is 5.42. The van der Waals surface area contributed by atoms with Gasteiger partial charge >= 0.3 is 0 Å². The van der Waals surface area contributed by atoms with Gasteiger partial charge < -0.3 is 10.6 Å². The Morgan fingerprint density at radius 2 is 2.16 bits per heavy atom. The maximum Gasteiger partial charge on any atom is 0.132 e. The first-order valence-electron chi connectivity index (χ1n) is 11.0. The maximum atomic E-state index is 8.39. The third-order valence-corrected chi connectivity index (χ3v) is 5.76. The quantitative estimate of drug-likeness (QED) is 0.564. The highest BCUT2D eigenvalue weighted by atomic mass is 15.2. The molecular formula is C25H31N7. The van der Waals surface area contributed by atoms with E-state index in [9.17, 15) is 0 Å². The van der Waals surface area contributed by atoms with Gasteiger partial charge in [0.15, 0.2) is 0 Å². The first-order valence-corrected chi connectivity index (χ1v) is 11.0. The SMILES string of the molecule is C=C(NCC(C)CN1CCc2ccccc2C1)C(=N)/C=C1/N=C(c2cnn(C)c2)C=CN1. The zero-order valence-electron chi connectivity index (χ0n) is 18.8. The topological polar surface area (TPSA) is 81.3 Å². The Kier molecular flexibility index (Phi) is 6.66. The summed E-state index contributed by atoms with van der Waals surface area (Å²) in [7, 11) is 1.88. The summed E-state index contributed by atoms with van der Waals surface area (Å²) in [6, 6.07) is 8.72. The molecule has 1 atom stereocenters. The molecule has 0 amide bonds. The van der Waals surface area contributed by atoms with Gasteiger partial charge in [-0.25, -0.2) is 4.99 Å². The zero-order chi connectivity index (χ0) is 22.5. The molecule has 3 N–H and O–H groups in total. The minimum atomic E-state index is 0.316. The van der Waals surface area contributed by atoms with E-state index in [1.54, 1.807) is 17.0 Å². The van der Waals surface area contributed by atoms with Crippen LogP contribution in [0.2, 0.25) is 0 Å². The van der Waals surface area contributed by atoms with Gasteiger partial charge in [0.1, 0.15) is 5.82 Å². The highest BCUT2D eigenvalue weighted by Gasteiger charge is 2.18. The van der Waals surface area contributed by atoms with Crippen molar-refractivity contribution >= 4 is 11.4 Å². The standard InChI is InChI=1S/C25H31N7/c1-18(15-32-11-9-20-6-4-5-7-21(20)17-32)13-28-19(2)23(26)12-25-27-10-8-24(30-25)22-14-29-31(3)16-22/h4-8,10,12,14,16,18,26-28H,2,9,11,13,15,17H2,1,3H3/b25-12+,26-23?. The molecule has 0 aliphatic carbocycles. The number of rotatable bonds is 8. The average molecular weight is 430 g/mol. The van der Waals surface area contributed by atoms with Gasteiger partial charge in [0.25, 0.3) is 0 Å². The van der Waals surface area contributed by atoms with Crippen LogP contribution in [0.4, 0.5) is 0 Å². The van der Waals surface area contributed by atoms with E-state index in [1.807, 2.05) is 25.5 Å². The highest BCUT2D eigenvalue weighted by molar-refractivity contribution is 6.10. The van der Waals surface area contributed by atoms with Crippen molar-refractivity contribution in [3.8, 4) is 0 Å². The Morgan fingerprint density at radius 1 is 1.34 bits per heavy atom. The van der Waals surface area contributed by atoms with E-state index in [-0.39, 0.29) is 0 Å². The van der Waals surface area contributed by atoms with E-state index < -0.39 is 0 Å². The molecule has 3 heterocycles. The van der Waals surface area contributed by atoms with Crippen LogP contribution >= 0.6 is 0 Å². The molecule has 0 saturated carbocycles. The number of allylic oxidation sites excluding steroid dienone is 2. The van der Waals surface area contributed by atoms with Crippen molar-refractivity contribution in [2.24, 2.45) is 18.0 Å². The Morgan fingerprint density at radius 3 is 2.94 bits per heavy atom. The molecule has 4 rings (SSSR count). The van der Waals surface area contributed by atoms with Crippen LogP contribution < -0.4 is 10.6 Å². The van der Waals surface area contributed by atoms with Crippen LogP contribution in [0.5, 0.6) is 0 Å². The molecule has 7 nitrogen and oxygen atoms in total. The van der Waals surface area contributed by atoms with E-state index >= 15 is 0 Å². The van der Waals surface area contributed by atoms with Crippen molar-refractivity contribution in [3.63, 3.8) is 0 Å². The van der Waals surface area contributed by atoms with Crippen LogP contribution in [0.15, 0.2) is 78.1 Å². The summed E-state index contributed by atoms with van der Waals surface area (Å²) in [5.74, 6) is 1.06. The largest absolute Gasteiger partial charge is 0.383 e. The number of hydrogen-bond donors (Lipinski definition) is 3. The lowest BCUT2D eigenvalue weighted by Crippen LogP contribution is -2.37. The van der Waals surface area contributed by atoms with Crippen molar-refractivity contribution in [2.45, 2.75) is 19.9 Å². The van der Waals surface area contributed by atoms with Gasteiger partial charge in [-0.05, 0) is 29.5 Å². The van der Waals surface area contributed by atoms with E-state index in [1.165, 1.54) is 11.1 Å². The summed E-state index contributed by atoms with van der Waals surface area (Å²) >= 11 is 0. The molecule has 0 radical (unpaired) electrons. The van der Waals surface area contributed by atoms with Gasteiger partial charge in [-0.2, -0.15) is 5.10 Å². The van der Waals surface area contributed by atoms with Crippen molar-refractivity contribution < 1.29 is 0 Å². The zero-order valence-corrected chi connectivity index (χ0v) is 18.8. The molecule has 7 heteroatoms. The molecule has 1 unspecified atom stereocenters. The van der Waals surface area contributed by atoms with Crippen molar-refractivity contribution in [1.82, 2.24) is 25.3 Å². The molecule has 2 aliphatic rings. The Hall–Kier alpha value is -3.45. The number of aliphatic imine (C=N–C) groups is 1. The predicted octanol–water partition coefficient (Wildman–Crippen LogP) is 2.98. The number of fused-ring (bicyclic) bond motifs is 1. The number of benzene rings is 1. The van der Waals surface area contributed by atoms with Crippen LogP contribution in [0, 0.1) is 11.3 Å². The first kappa shape index (κ1) is 21.8. The maximum absolute atomic E-state index is 8.39. The van der Waals surface area contributed by atoms with Crippen LogP contribution in [0.25, 0.3) is 0 Å². The molecular weight excluding hydrogens is 398 g/mol. The van der Waals surface area contributed by atoms with Crippen molar-refractivity contribution in [3.05, 3.63) is 89.8 Å². The second kappa shape index (κ2) is 9.78. The highest BCUT2D eigenvalue weighted by Crippen LogP contribution is 2.19. The molecule has 1 aromatic carbocycles. The molecule has 0 saturated heterocycles. The van der Waals surface area contributed by atoms with Gasteiger partial charge in [-0.15, -0.1) is 0 Å². The first-order chi connectivity index (χ1) is 15.5. The van der Waals surface area contributed by atoms with Gasteiger partial charge in [-0.3, -0.25) is 15.0 Å². The molecule has 0 fully saturated rings. The molecule has 0 bridgehead atoms. The second-order valence-electron chi connectivity index (χ2n) is 8.54. The summed E-state index contributed by atoms with van der Waals surface area (Å²) in [5, 5.41) is 19.0. The summed E-state index contributed by atoms with van der Waals surface area (Å²) in [6.45, 7) is 10.2. The molecule has 166 valence electrons. The van der Waals surface area contributed by atoms with Gasteiger partial charge in [0.2, 0.25) is 0 Å². The minimum Gasteiger partial charge on any atom is -0.383 e. The van der Waals surface area contributed by atoms with Crippen LogP contribution in [0.1, 0.15) is 23.6 Å². The fourth-order valence-electron chi connectivity index (χ4n) is 4.03. The lowest BCUT2D eigenvalue weighted by molar-refractivity contribution is 0.219. The summed E-state index contributed by atoms with van der Waals surface area (Å²) in [5.41, 5.74) is 5.58. The molecule has 2 aliphatic heterocycles. The fraction of sp³-hybridized carbons (Fsp3) is 0.320. The van der Waals surface area contributed by atoms with E-state index in [4.69, 9.17) is 5.41 Å². The Balaban J connectivity index is 1.27. The number of nitrogens with one attached hydrogen (secondary N) is 3. The monoisotopic (exact) mass is 429 g/mol. The van der Waals surface area contributed by atoms with Crippen LogP contribution in [-0.4, -0.2) is 45.7 Å². The number of aromatic nitrogens is 2. The van der Waals surface area contributed by atoms with E-state index in [2.05, 4.69) is 63.4 Å². The number of aryl methyl sites for hydroxylation is 1. The molecule has 2 aromatic rings. The Labute approximate surface area is 189 Å². The summed E-state index contributed by atoms with van der Waals surface area (Å²) in [6.07, 6.45) is 10.2. The van der Waals surface area contributed by atoms with Crippen LogP contribution in [-0.2, 0) is 20.0 Å². The van der Waals surface area contributed by atoms with Crippen LogP contribution in [0.3, 0.4) is 0 Å². The van der Waals surface area contributed by atoms with Gasteiger partial charge in [-0.1, -0.05) is 37.8 Å². The fourth-order valence-corrected chi connectivity index (χ4v) is 4.03. The Bertz CT molecular complexity index is 1090. The van der Waals surface area contributed by atoms with Gasteiger partial charge in [0.05, 0.1) is 23.3 Å². The molecule has 1 aromatic heterocycles. The predicted molar refractivity (Wildman–Crippen MR) is 130 cm³/mol. The van der Waals surface area contributed by atoms with E-state index in [0.29, 0.717) is 23.1 Å². The van der Waals surface area contributed by atoms with Crippen molar-refractivity contribution in [1.29, 1.82) is 5.41 Å². The smallest absolute Gasteiger partial charge is 0.132 e. The lowest BCUT2D eigenvalue weighted by atomic mass is 9.99. The summed E-state index contributed by atoms with van der Waals surface area (Å²) < 4.78 is 1.74. The third-order valence-electron chi connectivity index (χ3n) is 5.76. The molecule has 32 heavy (non-hydrogen) atoms. The second-order valence-corrected chi connectivity index (χ2v) is 8.54. The normalized spacial score (nSPS) is 17.9. The lowest BCUT2D eigenvalue weighted by Gasteiger charge is -2.31. The summed E-state index contributed by atoms with van der Waals surface area (Å²) in [4.78, 5) is 7.10. The number of nitrogens with zero attached hydrogens (tertiary/aromatic N) is 4. The van der Waals surface area contributed by atoms with Crippen molar-refractivity contribution in [2.75, 3.05) is 19.6 Å².